The molecule has 12 heavy (non-hydrogen) atoms. The van der Waals surface area contributed by atoms with Crippen LogP contribution < -0.4 is 5.73 Å². The maximum absolute atomic E-state index is 12.1. The Hall–Kier alpha value is -1.26. The third kappa shape index (κ3) is 1.66. The lowest BCUT2D eigenvalue weighted by molar-refractivity contribution is 0.144. The van der Waals surface area contributed by atoms with Gasteiger partial charge in [0.15, 0.2) is 0 Å². The number of nitrogens with zero attached hydrogens (tertiary/aromatic N) is 1. The average Bonchev–Trinajstić information content (AvgIpc) is 2.03. The van der Waals surface area contributed by atoms with Gasteiger partial charge in [-0.25, -0.2) is 13.2 Å². The number of nitrogen functional groups attached to an aromatic ring is 1. The van der Waals surface area contributed by atoms with Crippen molar-refractivity contribution in [2.75, 3.05) is 5.73 Å². The van der Waals surface area contributed by atoms with Crippen molar-refractivity contribution in [2.45, 2.75) is 13.1 Å². The van der Waals surface area contributed by atoms with Crippen molar-refractivity contribution in [1.29, 1.82) is 0 Å². The van der Waals surface area contributed by atoms with E-state index in [4.69, 9.17) is 5.73 Å². The van der Waals surface area contributed by atoms with Crippen LogP contribution in [0.2, 0.25) is 0 Å². The monoisotopic (exact) mass is 176 g/mol. The van der Waals surface area contributed by atoms with E-state index in [-0.39, 0.29) is 11.3 Å². The zero-order chi connectivity index (χ0) is 9.14. The van der Waals surface area contributed by atoms with Crippen LogP contribution in [0.15, 0.2) is 12.3 Å². The number of alkyl halides is 3. The van der Waals surface area contributed by atoms with Gasteiger partial charge in [-0.1, -0.05) is 0 Å². The van der Waals surface area contributed by atoms with Crippen LogP contribution in [-0.4, -0.2) is 4.98 Å². The molecule has 1 heterocycles. The zero-order valence-corrected chi connectivity index (χ0v) is 6.10. The Morgan fingerprint density at radius 3 is 2.67 bits per heavy atom. The summed E-state index contributed by atoms with van der Waals surface area (Å²) in [5.74, 6) is 0. The van der Waals surface area contributed by atoms with Gasteiger partial charge in [-0.15, -0.1) is 0 Å². The second-order valence-corrected chi connectivity index (χ2v) is 2.25. The molecule has 0 aliphatic rings. The van der Waals surface area contributed by atoms with Gasteiger partial charge in [-0.05, 0) is 6.07 Å². The summed E-state index contributed by atoms with van der Waals surface area (Å²) in [5.41, 5.74) is 4.73. The molecule has 0 aliphatic heterocycles. The van der Waals surface area contributed by atoms with E-state index in [2.05, 4.69) is 4.98 Å². The minimum absolute atomic E-state index is 0.148. The molecule has 0 aromatic carbocycles. The van der Waals surface area contributed by atoms with Crippen LogP contribution in [0.1, 0.15) is 17.7 Å². The number of hydrogen-bond acceptors (Lipinski definition) is 2. The summed E-state index contributed by atoms with van der Waals surface area (Å²) < 4.78 is 36.2. The highest BCUT2D eigenvalue weighted by molar-refractivity contribution is 5.40. The number of rotatable bonds is 2. The number of hydrogen-bond donors (Lipinski definition) is 1. The predicted octanol–water partition coefficient (Wildman–Crippen LogP) is 2.07. The summed E-state index contributed by atoms with van der Waals surface area (Å²) in [6.45, 7) is -0.974. The molecule has 0 aliphatic carbocycles. The largest absolute Gasteiger partial charge is 0.397 e. The molecule has 0 atom stereocenters. The first kappa shape index (κ1) is 8.83. The van der Waals surface area contributed by atoms with Gasteiger partial charge in [-0.3, -0.25) is 4.98 Å². The summed E-state index contributed by atoms with van der Waals surface area (Å²) >= 11 is 0. The third-order valence-electron chi connectivity index (χ3n) is 1.37. The highest BCUT2D eigenvalue weighted by atomic mass is 19.3. The Labute approximate surface area is 67.2 Å². The lowest BCUT2D eigenvalue weighted by Crippen LogP contribution is -1.98. The number of pyridine rings is 1. The molecule has 0 bridgehead atoms. The van der Waals surface area contributed by atoms with E-state index in [0.717, 1.165) is 12.3 Å². The molecule has 0 saturated carbocycles. The number of aromatic nitrogens is 1. The topological polar surface area (TPSA) is 38.9 Å². The smallest absolute Gasteiger partial charge is 0.280 e. The standard InChI is InChI=1S/C7H7F3N2/c8-2-4-1-5(11)3-12-6(4)7(9)10/h1,3,7H,2,11H2. The van der Waals surface area contributed by atoms with E-state index >= 15 is 0 Å². The Morgan fingerprint density at radius 1 is 1.50 bits per heavy atom. The minimum atomic E-state index is -2.75. The van der Waals surface area contributed by atoms with Gasteiger partial charge in [0.1, 0.15) is 12.4 Å². The van der Waals surface area contributed by atoms with Gasteiger partial charge in [0.05, 0.1) is 11.9 Å². The van der Waals surface area contributed by atoms with Crippen LogP contribution in [0.25, 0.3) is 0 Å². The first-order valence-corrected chi connectivity index (χ1v) is 3.23. The first-order chi connectivity index (χ1) is 5.65. The van der Waals surface area contributed by atoms with Crippen LogP contribution in [0, 0.1) is 0 Å². The fourth-order valence-corrected chi connectivity index (χ4v) is 0.843. The molecule has 0 spiro atoms. The highest BCUT2D eigenvalue weighted by Crippen LogP contribution is 2.22. The van der Waals surface area contributed by atoms with Crippen molar-refractivity contribution in [3.05, 3.63) is 23.5 Å². The predicted molar refractivity (Wildman–Crippen MR) is 38.4 cm³/mol. The van der Waals surface area contributed by atoms with E-state index in [9.17, 15) is 13.2 Å². The summed E-state index contributed by atoms with van der Waals surface area (Å²) in [5, 5.41) is 0. The first-order valence-electron chi connectivity index (χ1n) is 3.23. The SMILES string of the molecule is Nc1cnc(C(F)F)c(CF)c1. The van der Waals surface area contributed by atoms with Gasteiger partial charge in [-0.2, -0.15) is 0 Å². The molecule has 0 fully saturated rings. The fraction of sp³-hybridized carbons (Fsp3) is 0.286. The van der Waals surface area contributed by atoms with E-state index in [1.807, 2.05) is 0 Å². The molecule has 0 amide bonds. The normalized spacial score (nSPS) is 10.7. The van der Waals surface area contributed by atoms with E-state index in [0.29, 0.717) is 0 Å². The molecule has 1 rings (SSSR count). The lowest BCUT2D eigenvalue weighted by atomic mass is 10.2. The molecular weight excluding hydrogens is 169 g/mol. The number of nitrogens with two attached hydrogens (primary N) is 1. The molecule has 66 valence electrons. The van der Waals surface area contributed by atoms with Gasteiger partial charge < -0.3 is 5.73 Å². The maximum Gasteiger partial charge on any atom is 0.280 e. The van der Waals surface area contributed by atoms with Crippen LogP contribution >= 0.6 is 0 Å². The summed E-state index contributed by atoms with van der Waals surface area (Å²) in [6, 6.07) is 1.16. The molecule has 5 heteroatoms. The second kappa shape index (κ2) is 3.42. The minimum Gasteiger partial charge on any atom is -0.397 e. The van der Waals surface area contributed by atoms with Crippen LogP contribution in [0.4, 0.5) is 18.9 Å². The molecule has 1 aromatic heterocycles. The average molecular weight is 176 g/mol. The van der Waals surface area contributed by atoms with Crippen molar-refractivity contribution in [3.8, 4) is 0 Å². The molecule has 0 unspecified atom stereocenters. The molecule has 0 radical (unpaired) electrons. The summed E-state index contributed by atoms with van der Waals surface area (Å²) in [4.78, 5) is 3.33. The molecular formula is C7H7F3N2. The lowest BCUT2D eigenvalue weighted by Gasteiger charge is -2.04. The number of halogens is 3. The van der Waals surface area contributed by atoms with Crippen molar-refractivity contribution in [3.63, 3.8) is 0 Å². The Morgan fingerprint density at radius 2 is 2.17 bits per heavy atom. The van der Waals surface area contributed by atoms with Gasteiger partial charge in [0, 0.05) is 5.56 Å². The molecule has 1 aromatic rings. The Balaban J connectivity index is 3.11. The van der Waals surface area contributed by atoms with Gasteiger partial charge in [0.25, 0.3) is 6.43 Å². The van der Waals surface area contributed by atoms with Crippen LogP contribution in [-0.2, 0) is 6.67 Å². The molecule has 2 N–H and O–H groups in total. The number of anilines is 1. The van der Waals surface area contributed by atoms with E-state index in [1.54, 1.807) is 0 Å². The van der Waals surface area contributed by atoms with Crippen molar-refractivity contribution >= 4 is 5.69 Å². The Kier molecular flexibility index (Phi) is 2.52. The Bertz CT molecular complexity index is 275. The third-order valence-corrected chi connectivity index (χ3v) is 1.37. The summed E-state index contributed by atoms with van der Waals surface area (Å²) in [7, 11) is 0. The second-order valence-electron chi connectivity index (χ2n) is 2.25. The van der Waals surface area contributed by atoms with Gasteiger partial charge in [0.2, 0.25) is 0 Å². The van der Waals surface area contributed by atoms with Crippen molar-refractivity contribution in [1.82, 2.24) is 4.98 Å². The van der Waals surface area contributed by atoms with E-state index < -0.39 is 18.8 Å². The summed E-state index contributed by atoms with van der Waals surface area (Å²) in [6.07, 6.45) is -1.67. The molecule has 0 saturated heterocycles. The van der Waals surface area contributed by atoms with Crippen LogP contribution in [0.5, 0.6) is 0 Å². The van der Waals surface area contributed by atoms with E-state index in [1.165, 1.54) is 0 Å². The van der Waals surface area contributed by atoms with Crippen molar-refractivity contribution in [2.24, 2.45) is 0 Å². The van der Waals surface area contributed by atoms with Gasteiger partial charge >= 0.3 is 0 Å². The highest BCUT2D eigenvalue weighted by Gasteiger charge is 2.14. The van der Waals surface area contributed by atoms with Crippen molar-refractivity contribution < 1.29 is 13.2 Å². The quantitative estimate of drug-likeness (QED) is 0.749. The maximum atomic E-state index is 12.1. The molecule has 2 nitrogen and oxygen atoms in total. The fourth-order valence-electron chi connectivity index (χ4n) is 0.843. The van der Waals surface area contributed by atoms with Crippen LogP contribution in [0.3, 0.4) is 0 Å². The zero-order valence-electron chi connectivity index (χ0n) is 6.10.